The Hall–Kier alpha value is 1.14. The van der Waals surface area contributed by atoms with Crippen molar-refractivity contribution in [3.05, 3.63) is 0 Å². The van der Waals surface area contributed by atoms with Crippen LogP contribution in [0.25, 0.3) is 0 Å². The first kappa shape index (κ1) is 207. The third kappa shape index (κ3) is 67.9. The predicted molar refractivity (Wildman–Crippen MR) is 2.75 cm³/mol. The van der Waals surface area contributed by atoms with Crippen LogP contribution in [0.2, 0.25) is 0 Å². The summed E-state index contributed by atoms with van der Waals surface area (Å²) in [6, 6.07) is 0. The van der Waals surface area contributed by atoms with Crippen LogP contribution in [-0.4, -0.2) is 0 Å². The topological polar surface area (TPSA) is 114 Å². The minimum absolute atomic E-state index is 0. The van der Waals surface area contributed by atoms with E-state index in [0.717, 1.165) is 0 Å². The molecule has 0 bridgehead atoms. The van der Waals surface area contributed by atoms with Crippen molar-refractivity contribution in [3.8, 4) is 0 Å². The van der Waals surface area contributed by atoms with E-state index in [1.165, 1.54) is 0 Å². The van der Waals surface area contributed by atoms with Crippen LogP contribution in [0.5, 0.6) is 0 Å². The van der Waals surface area contributed by atoms with Gasteiger partial charge in [0, 0.05) is 18.6 Å². The second-order valence-corrected chi connectivity index (χ2v) is 0. The molecule has 37 valence electrons. The molecule has 6 heteroatoms. The number of hydrogen-bond acceptors (Lipinski definition) is 0. The predicted octanol–water partition coefficient (Wildman–Crippen LogP) is -0.480. The molecule has 0 heterocycles. The summed E-state index contributed by atoms with van der Waals surface area (Å²) >= 11 is 0. The van der Waals surface area contributed by atoms with Gasteiger partial charge in [-0.3, -0.25) is 0 Å². The van der Waals surface area contributed by atoms with Crippen molar-refractivity contribution in [1.82, 2.24) is 0 Å². The molecule has 0 aromatic rings. The van der Waals surface area contributed by atoms with Gasteiger partial charge in [0.15, 0.2) is 0 Å². The molecule has 0 aromatic carbocycles. The van der Waals surface area contributed by atoms with Crippen LogP contribution in [0.1, 0.15) is 0 Å². The van der Waals surface area contributed by atoms with Gasteiger partial charge in [0.25, 0.3) is 0 Å². The Labute approximate surface area is 62.3 Å². The second-order valence-electron chi connectivity index (χ2n) is 0. The molecule has 0 aliphatic rings. The maximum Gasteiger partial charge on any atom is 4.00 e. The minimum atomic E-state index is 0. The Bertz CT molecular complexity index is 7.51. The van der Waals surface area contributed by atoms with Gasteiger partial charge in [0.2, 0.25) is 0 Å². The average Bonchev–Trinajstić information content (AvgIpc) is 0. The summed E-state index contributed by atoms with van der Waals surface area (Å²) in [5.74, 6) is 0. The molecule has 0 rings (SSSR count). The Morgan fingerprint density at radius 3 is 0.500 bits per heavy atom. The van der Waals surface area contributed by atoms with Crippen LogP contribution in [0.3, 0.4) is 0 Å². The quantitative estimate of drug-likeness (QED) is 0.429. The Balaban J connectivity index is 0. The fraction of sp³-hybridized carbons (Fsp3) is 0. The fourth-order valence-electron chi connectivity index (χ4n) is 0. The van der Waals surface area contributed by atoms with Crippen LogP contribution in [0.4, 0.5) is 0 Å². The molecule has 0 amide bonds. The van der Waals surface area contributed by atoms with Gasteiger partial charge in [-0.1, -0.05) is 0 Å². The maximum absolute atomic E-state index is 0. The largest absolute Gasteiger partial charge is 4.00 e. The van der Waals surface area contributed by atoms with E-state index < -0.39 is 0 Å². The molecular weight excluding hydrogens is 163 g/mol. The summed E-state index contributed by atoms with van der Waals surface area (Å²) < 4.78 is 0. The summed E-state index contributed by atoms with van der Waals surface area (Å²) in [6.07, 6.45) is 0. The molecule has 0 aliphatic heterocycles. The van der Waals surface area contributed by atoms with Gasteiger partial charge in [0.1, 0.15) is 0 Å². The molecule has 0 N–H and O–H groups in total. The molecule has 0 saturated carbocycles. The minimum Gasteiger partial charge on any atom is -2.00 e. The molecule has 0 saturated heterocycles. The molecule has 6 heavy (non-hydrogen) atoms. The number of rotatable bonds is 0. The Morgan fingerprint density at radius 1 is 0.500 bits per heavy atom. The van der Waals surface area contributed by atoms with Crippen LogP contribution in [0, 0.1) is 0 Å². The first-order valence-corrected chi connectivity index (χ1v) is 0. The summed E-state index contributed by atoms with van der Waals surface area (Å²) in [4.78, 5) is 0. The van der Waals surface area contributed by atoms with E-state index in [2.05, 4.69) is 0 Å². The van der Waals surface area contributed by atoms with Crippen LogP contribution in [-0.2, 0) is 62.2 Å². The molecule has 0 aliphatic carbocycles. The van der Waals surface area contributed by atoms with E-state index in [4.69, 9.17) is 0 Å². The molecular formula is O4TiV-4. The molecule has 4 nitrogen and oxygen atoms in total. The van der Waals surface area contributed by atoms with E-state index in [9.17, 15) is 0 Å². The van der Waals surface area contributed by atoms with Crippen molar-refractivity contribution in [2.75, 3.05) is 0 Å². The molecule has 0 fully saturated rings. The zero-order valence-electron chi connectivity index (χ0n) is 2.58. The maximum atomic E-state index is 0. The smallest absolute Gasteiger partial charge is 2.00 e. The normalized spacial score (nSPS) is 0. The van der Waals surface area contributed by atoms with Crippen molar-refractivity contribution in [2.24, 2.45) is 0 Å². The first-order valence-electron chi connectivity index (χ1n) is 0. The van der Waals surface area contributed by atoms with Gasteiger partial charge in [-0.15, -0.1) is 0 Å². The summed E-state index contributed by atoms with van der Waals surface area (Å²) in [5.41, 5.74) is 0. The van der Waals surface area contributed by atoms with Crippen molar-refractivity contribution in [1.29, 1.82) is 0 Å². The van der Waals surface area contributed by atoms with Gasteiger partial charge in [0.05, 0.1) is 0 Å². The van der Waals surface area contributed by atoms with Crippen molar-refractivity contribution < 1.29 is 62.2 Å². The zero-order valence-corrected chi connectivity index (χ0v) is 5.54. The fourth-order valence-corrected chi connectivity index (χ4v) is 0. The molecule has 0 aromatic heterocycles. The monoisotopic (exact) mass is 163 g/mol. The van der Waals surface area contributed by atoms with Crippen LogP contribution in [0.15, 0.2) is 0 Å². The molecule has 0 spiro atoms. The van der Waals surface area contributed by atoms with Gasteiger partial charge in [-0.2, -0.15) is 0 Å². The van der Waals surface area contributed by atoms with Crippen molar-refractivity contribution >= 4 is 0 Å². The van der Waals surface area contributed by atoms with Gasteiger partial charge in [-0.05, 0) is 0 Å². The van der Waals surface area contributed by atoms with Crippen molar-refractivity contribution in [3.63, 3.8) is 0 Å². The van der Waals surface area contributed by atoms with Crippen LogP contribution < -0.4 is 0 Å². The second kappa shape index (κ2) is 125. The summed E-state index contributed by atoms with van der Waals surface area (Å²) in [7, 11) is 0. The summed E-state index contributed by atoms with van der Waals surface area (Å²) in [6.45, 7) is 0. The first-order chi connectivity index (χ1) is 0. The van der Waals surface area contributed by atoms with E-state index in [-0.39, 0.29) is 62.2 Å². The van der Waals surface area contributed by atoms with Crippen LogP contribution >= 0.6 is 0 Å². The molecule has 1 radical (unpaired) electrons. The van der Waals surface area contributed by atoms with Crippen molar-refractivity contribution in [2.45, 2.75) is 0 Å². The number of hydrogen-bond donors (Lipinski definition) is 0. The van der Waals surface area contributed by atoms with Gasteiger partial charge in [-0.25, -0.2) is 0 Å². The summed E-state index contributed by atoms with van der Waals surface area (Å²) in [5, 5.41) is 0. The van der Waals surface area contributed by atoms with E-state index in [0.29, 0.717) is 0 Å². The Morgan fingerprint density at radius 2 is 0.500 bits per heavy atom. The average molecular weight is 163 g/mol. The van der Waals surface area contributed by atoms with E-state index in [1.54, 1.807) is 0 Å². The standard InChI is InChI=1S/4O.Ti.V/q4*-2;+4;. The van der Waals surface area contributed by atoms with E-state index >= 15 is 0 Å². The van der Waals surface area contributed by atoms with E-state index in [1.807, 2.05) is 0 Å². The molecule has 0 unspecified atom stereocenters. The SMILES string of the molecule is [O-2].[O-2].[O-2].[O-2].[Ti+4].[V]. The third-order valence-corrected chi connectivity index (χ3v) is 0. The third-order valence-electron chi connectivity index (χ3n) is 0. The zero-order chi connectivity index (χ0) is 0. The van der Waals surface area contributed by atoms with Gasteiger partial charge < -0.3 is 21.9 Å². The van der Waals surface area contributed by atoms with Gasteiger partial charge >= 0.3 is 21.7 Å². The molecule has 0 atom stereocenters. The Kier molecular flexibility index (Phi) is 4320.